The molecule has 0 unspecified atom stereocenters. The van der Waals surface area contributed by atoms with E-state index in [2.05, 4.69) is 48.0 Å². The molecule has 1 aliphatic heterocycles. The minimum absolute atomic E-state index is 0.270. The van der Waals surface area contributed by atoms with Crippen LogP contribution < -0.4 is 20.9 Å². The van der Waals surface area contributed by atoms with Crippen molar-refractivity contribution in [1.29, 1.82) is 0 Å². The number of nitrogen functional groups attached to an aromatic ring is 1. The number of anilines is 2. The molecule has 0 atom stereocenters. The monoisotopic (exact) mass is 281 g/mol. The summed E-state index contributed by atoms with van der Waals surface area (Å²) in [4.78, 5) is 10.6. The van der Waals surface area contributed by atoms with Gasteiger partial charge in [0.15, 0.2) is 11.6 Å². The lowest BCUT2D eigenvalue weighted by atomic mass is 9.99. The lowest BCUT2D eigenvalue weighted by Gasteiger charge is -2.47. The summed E-state index contributed by atoms with van der Waals surface area (Å²) in [5.74, 6) is 7.21. The summed E-state index contributed by atoms with van der Waals surface area (Å²) in [6.07, 6.45) is 1.47. The molecule has 1 fully saturated rings. The standard InChI is InChI=1S/C13H23N5O2/c1-12(2)6-18(7-13(3,4)20-12)11-9(19-5)10(17-14)15-8-16-11/h8H,6-7,14H2,1-5H3,(H,15,16,17). The average Bonchev–Trinajstić information content (AvgIpc) is 2.33. The Labute approximate surface area is 119 Å². The van der Waals surface area contributed by atoms with Crippen LogP contribution in [0.4, 0.5) is 11.6 Å². The smallest absolute Gasteiger partial charge is 0.205 e. The van der Waals surface area contributed by atoms with Crippen molar-refractivity contribution < 1.29 is 9.47 Å². The number of nitrogens with one attached hydrogen (secondary N) is 1. The Morgan fingerprint density at radius 1 is 1.25 bits per heavy atom. The van der Waals surface area contributed by atoms with E-state index < -0.39 is 0 Å². The van der Waals surface area contributed by atoms with Gasteiger partial charge < -0.3 is 19.8 Å². The Morgan fingerprint density at radius 3 is 2.35 bits per heavy atom. The fraction of sp³-hybridized carbons (Fsp3) is 0.692. The van der Waals surface area contributed by atoms with Crippen LogP contribution in [0.15, 0.2) is 6.33 Å². The summed E-state index contributed by atoms with van der Waals surface area (Å²) in [7, 11) is 1.58. The maximum Gasteiger partial charge on any atom is 0.205 e. The van der Waals surface area contributed by atoms with Crippen LogP contribution in [0.5, 0.6) is 5.75 Å². The second-order valence-corrected chi connectivity index (χ2v) is 6.20. The van der Waals surface area contributed by atoms with Gasteiger partial charge in [-0.2, -0.15) is 0 Å². The number of hydrogen-bond donors (Lipinski definition) is 2. The molecule has 1 aromatic rings. The van der Waals surface area contributed by atoms with Crippen molar-refractivity contribution in [2.24, 2.45) is 5.84 Å². The third kappa shape index (κ3) is 2.94. The number of ether oxygens (including phenoxy) is 2. The summed E-state index contributed by atoms with van der Waals surface area (Å²) >= 11 is 0. The SMILES string of the molecule is COc1c(NN)ncnc1N1CC(C)(C)OC(C)(C)C1. The molecule has 0 aliphatic carbocycles. The van der Waals surface area contributed by atoms with Gasteiger partial charge in [0.1, 0.15) is 6.33 Å². The van der Waals surface area contributed by atoms with Gasteiger partial charge in [-0.05, 0) is 27.7 Å². The number of rotatable bonds is 3. The molecule has 0 saturated carbocycles. The fourth-order valence-corrected chi connectivity index (χ4v) is 2.82. The molecule has 1 aliphatic rings. The number of hydrazine groups is 1. The van der Waals surface area contributed by atoms with Crippen molar-refractivity contribution in [3.8, 4) is 5.75 Å². The molecule has 0 radical (unpaired) electrons. The van der Waals surface area contributed by atoms with Gasteiger partial charge in [0.05, 0.1) is 18.3 Å². The predicted molar refractivity (Wildman–Crippen MR) is 77.9 cm³/mol. The maximum atomic E-state index is 6.08. The molecular weight excluding hydrogens is 258 g/mol. The van der Waals surface area contributed by atoms with Crippen molar-refractivity contribution >= 4 is 11.6 Å². The van der Waals surface area contributed by atoms with E-state index >= 15 is 0 Å². The molecule has 20 heavy (non-hydrogen) atoms. The predicted octanol–water partition coefficient (Wildman–Crippen LogP) is 1.16. The van der Waals surface area contributed by atoms with Gasteiger partial charge in [-0.3, -0.25) is 0 Å². The van der Waals surface area contributed by atoms with Crippen LogP contribution >= 0.6 is 0 Å². The van der Waals surface area contributed by atoms with Gasteiger partial charge in [0, 0.05) is 13.1 Å². The zero-order valence-corrected chi connectivity index (χ0v) is 12.7. The lowest BCUT2D eigenvalue weighted by molar-refractivity contribution is -0.133. The zero-order chi connectivity index (χ0) is 15.0. The summed E-state index contributed by atoms with van der Waals surface area (Å²) in [6.45, 7) is 9.70. The molecule has 2 rings (SSSR count). The van der Waals surface area contributed by atoms with Gasteiger partial charge in [-0.15, -0.1) is 0 Å². The van der Waals surface area contributed by atoms with Gasteiger partial charge >= 0.3 is 0 Å². The number of nitrogens with two attached hydrogens (primary N) is 1. The highest BCUT2D eigenvalue weighted by Crippen LogP contribution is 2.36. The summed E-state index contributed by atoms with van der Waals surface area (Å²) in [5.41, 5.74) is 1.99. The lowest BCUT2D eigenvalue weighted by Crippen LogP contribution is -2.57. The van der Waals surface area contributed by atoms with Gasteiger partial charge in [-0.1, -0.05) is 0 Å². The molecule has 112 valence electrons. The van der Waals surface area contributed by atoms with E-state index in [-0.39, 0.29) is 11.2 Å². The Hall–Kier alpha value is -1.60. The highest BCUT2D eigenvalue weighted by molar-refractivity contribution is 5.64. The van der Waals surface area contributed by atoms with Crippen LogP contribution in [-0.2, 0) is 4.74 Å². The first-order valence-corrected chi connectivity index (χ1v) is 6.59. The van der Waals surface area contributed by atoms with Gasteiger partial charge in [-0.25, -0.2) is 15.8 Å². The molecular formula is C13H23N5O2. The molecule has 1 saturated heterocycles. The van der Waals surface area contributed by atoms with E-state index in [0.717, 1.165) is 5.82 Å². The van der Waals surface area contributed by atoms with Crippen LogP contribution in [0, 0.1) is 0 Å². The van der Waals surface area contributed by atoms with Crippen molar-refractivity contribution in [3.05, 3.63) is 6.33 Å². The average molecular weight is 281 g/mol. The van der Waals surface area contributed by atoms with E-state index in [9.17, 15) is 0 Å². The summed E-state index contributed by atoms with van der Waals surface area (Å²) in [5, 5.41) is 0. The highest BCUT2D eigenvalue weighted by Gasteiger charge is 2.39. The van der Waals surface area contributed by atoms with Crippen molar-refractivity contribution in [2.75, 3.05) is 30.5 Å². The molecule has 3 N–H and O–H groups in total. The second kappa shape index (κ2) is 5.06. The van der Waals surface area contributed by atoms with Crippen LogP contribution in [0.2, 0.25) is 0 Å². The first kappa shape index (κ1) is 14.8. The van der Waals surface area contributed by atoms with E-state index in [0.29, 0.717) is 24.7 Å². The Bertz CT molecular complexity index is 474. The third-order valence-electron chi connectivity index (χ3n) is 3.12. The normalized spacial score (nSPS) is 20.6. The van der Waals surface area contributed by atoms with Gasteiger partial charge in [0.25, 0.3) is 0 Å². The molecule has 0 aromatic carbocycles. The van der Waals surface area contributed by atoms with E-state index in [4.69, 9.17) is 15.3 Å². The Balaban J connectivity index is 2.40. The quantitative estimate of drug-likeness (QED) is 0.635. The molecule has 1 aromatic heterocycles. The largest absolute Gasteiger partial charge is 0.490 e. The number of nitrogens with zero attached hydrogens (tertiary/aromatic N) is 3. The van der Waals surface area contributed by atoms with Crippen LogP contribution in [0.3, 0.4) is 0 Å². The Kier molecular flexibility index (Phi) is 3.75. The van der Waals surface area contributed by atoms with Crippen LogP contribution in [0.25, 0.3) is 0 Å². The van der Waals surface area contributed by atoms with Crippen molar-refractivity contribution in [1.82, 2.24) is 9.97 Å². The molecule has 0 spiro atoms. The minimum Gasteiger partial charge on any atom is -0.490 e. The first-order chi connectivity index (χ1) is 9.28. The zero-order valence-electron chi connectivity index (χ0n) is 12.7. The highest BCUT2D eigenvalue weighted by atomic mass is 16.5. The first-order valence-electron chi connectivity index (χ1n) is 6.59. The van der Waals surface area contributed by atoms with E-state index in [1.54, 1.807) is 7.11 Å². The number of morpholine rings is 1. The Morgan fingerprint density at radius 2 is 1.85 bits per heavy atom. The maximum absolute atomic E-state index is 6.08. The topological polar surface area (TPSA) is 85.5 Å². The molecule has 7 nitrogen and oxygen atoms in total. The number of aromatic nitrogens is 2. The summed E-state index contributed by atoms with van der Waals surface area (Å²) in [6, 6.07) is 0. The van der Waals surface area contributed by atoms with Crippen LogP contribution in [0.1, 0.15) is 27.7 Å². The van der Waals surface area contributed by atoms with Crippen LogP contribution in [-0.4, -0.2) is 41.4 Å². The number of hydrogen-bond acceptors (Lipinski definition) is 7. The van der Waals surface area contributed by atoms with E-state index in [1.165, 1.54) is 6.33 Å². The van der Waals surface area contributed by atoms with Gasteiger partial charge in [0.2, 0.25) is 5.75 Å². The summed E-state index contributed by atoms with van der Waals surface area (Å²) < 4.78 is 11.5. The van der Waals surface area contributed by atoms with E-state index in [1.807, 2.05) is 0 Å². The molecule has 2 heterocycles. The molecule has 7 heteroatoms. The van der Waals surface area contributed by atoms with Crippen molar-refractivity contribution in [3.63, 3.8) is 0 Å². The van der Waals surface area contributed by atoms with Crippen molar-refractivity contribution in [2.45, 2.75) is 38.9 Å². The third-order valence-corrected chi connectivity index (χ3v) is 3.12. The molecule has 0 bridgehead atoms. The fourth-order valence-electron chi connectivity index (χ4n) is 2.82. The molecule has 0 amide bonds. The number of methoxy groups -OCH3 is 1. The minimum atomic E-state index is -0.270. The second-order valence-electron chi connectivity index (χ2n) is 6.20.